The Balaban J connectivity index is 2.26. The quantitative estimate of drug-likeness (QED) is 0.535. The maximum atomic E-state index is 5.71. The van der Waals surface area contributed by atoms with E-state index in [9.17, 15) is 0 Å². The first-order valence-electron chi connectivity index (χ1n) is 6.11. The zero-order chi connectivity index (χ0) is 13.1. The summed E-state index contributed by atoms with van der Waals surface area (Å²) in [6.07, 6.45) is 7.02. The molecule has 0 aliphatic heterocycles. The van der Waals surface area contributed by atoms with Crippen LogP contribution in [-0.4, -0.2) is 13.3 Å². The molecule has 3 heterocycles. The molecule has 3 nitrogen and oxygen atoms in total. The Kier molecular flexibility index (Phi) is 3.21. The third kappa shape index (κ3) is 1.90. The zero-order valence-electron chi connectivity index (χ0n) is 10.4. The zero-order valence-corrected chi connectivity index (χ0v) is 12.5. The van der Waals surface area contributed by atoms with Crippen LogP contribution in [0.2, 0.25) is 5.25 Å². The van der Waals surface area contributed by atoms with E-state index in [-0.39, 0.29) is 0 Å². The number of allylic oxidation sites excluding steroid dienone is 1. The van der Waals surface area contributed by atoms with Crippen LogP contribution in [0.1, 0.15) is 0 Å². The molecule has 19 heavy (non-hydrogen) atoms. The second kappa shape index (κ2) is 5.01. The SMILES string of the molecule is C=C[CH2][Ge]([c]1ccco1)([c]1ccco1)[c]1ccco1. The van der Waals surface area contributed by atoms with Crippen molar-refractivity contribution < 1.29 is 13.3 Å². The Hall–Kier alpha value is -1.88. The normalized spacial score (nSPS) is 11.6. The number of furan rings is 3. The van der Waals surface area contributed by atoms with E-state index in [0.29, 0.717) is 0 Å². The van der Waals surface area contributed by atoms with Gasteiger partial charge in [0.15, 0.2) is 0 Å². The van der Waals surface area contributed by atoms with E-state index in [4.69, 9.17) is 13.3 Å². The first-order valence-corrected chi connectivity index (χ1v) is 10.7. The molecule has 0 N–H and O–H groups in total. The third-order valence-electron chi connectivity index (χ3n) is 3.28. The van der Waals surface area contributed by atoms with Gasteiger partial charge in [0, 0.05) is 0 Å². The molecule has 0 atom stereocenters. The summed E-state index contributed by atoms with van der Waals surface area (Å²) in [5.41, 5.74) is 0. The summed E-state index contributed by atoms with van der Waals surface area (Å²) >= 11 is -3.01. The van der Waals surface area contributed by atoms with Gasteiger partial charge in [0.25, 0.3) is 0 Å². The van der Waals surface area contributed by atoms with Crippen molar-refractivity contribution in [3.05, 3.63) is 67.8 Å². The molecule has 0 fully saturated rings. The van der Waals surface area contributed by atoms with Gasteiger partial charge in [0.05, 0.1) is 0 Å². The van der Waals surface area contributed by atoms with E-state index >= 15 is 0 Å². The summed E-state index contributed by atoms with van der Waals surface area (Å²) < 4.78 is 20.0. The van der Waals surface area contributed by atoms with Gasteiger partial charge in [0.1, 0.15) is 0 Å². The Morgan fingerprint density at radius 3 is 1.53 bits per heavy atom. The first-order chi connectivity index (χ1) is 9.38. The summed E-state index contributed by atoms with van der Waals surface area (Å²) in [6, 6.07) is 11.7. The second-order valence-electron chi connectivity index (χ2n) is 4.33. The van der Waals surface area contributed by atoms with Gasteiger partial charge in [-0.3, -0.25) is 0 Å². The predicted octanol–water partition coefficient (Wildman–Crippen LogP) is 2.12. The molecule has 0 bridgehead atoms. The van der Waals surface area contributed by atoms with Gasteiger partial charge < -0.3 is 0 Å². The van der Waals surface area contributed by atoms with Crippen LogP contribution >= 0.6 is 0 Å². The summed E-state index contributed by atoms with van der Waals surface area (Å²) in [5.74, 6) is 0. The second-order valence-corrected chi connectivity index (χ2v) is 12.1. The van der Waals surface area contributed by atoms with Crippen LogP contribution in [0.3, 0.4) is 0 Å². The molecular weight excluding hydrogens is 301 g/mol. The molecule has 0 unspecified atom stereocenters. The molecule has 0 radical (unpaired) electrons. The fourth-order valence-electron chi connectivity index (χ4n) is 2.45. The van der Waals surface area contributed by atoms with E-state index in [2.05, 4.69) is 6.58 Å². The van der Waals surface area contributed by atoms with Gasteiger partial charge in [-0.2, -0.15) is 0 Å². The van der Waals surface area contributed by atoms with Gasteiger partial charge in [-0.25, -0.2) is 0 Å². The van der Waals surface area contributed by atoms with E-state index in [0.717, 1.165) is 19.0 Å². The van der Waals surface area contributed by atoms with Gasteiger partial charge in [-0.15, -0.1) is 0 Å². The third-order valence-corrected chi connectivity index (χ3v) is 12.3. The van der Waals surface area contributed by atoms with Gasteiger partial charge in [-0.1, -0.05) is 0 Å². The van der Waals surface area contributed by atoms with Crippen molar-refractivity contribution >= 4 is 27.0 Å². The molecule has 3 aromatic rings. The van der Waals surface area contributed by atoms with Crippen molar-refractivity contribution in [2.75, 3.05) is 0 Å². The van der Waals surface area contributed by atoms with E-state index in [1.165, 1.54) is 0 Å². The fraction of sp³-hybridized carbons (Fsp3) is 0.0667. The topological polar surface area (TPSA) is 39.4 Å². The van der Waals surface area contributed by atoms with E-state index < -0.39 is 13.3 Å². The standard InChI is InChI=1S/C15H14GeO3/c1-2-9-16(13-6-3-10-17-13,14-7-4-11-18-14)15-8-5-12-19-15/h2-8,10-12H,1,9H2. The Bertz CT molecular complexity index is 537. The summed E-state index contributed by atoms with van der Waals surface area (Å²) in [7, 11) is 0. The minimum atomic E-state index is -3.01. The molecule has 4 heteroatoms. The monoisotopic (exact) mass is 316 g/mol. The number of hydrogen-bond acceptors (Lipinski definition) is 3. The van der Waals surface area contributed by atoms with Crippen molar-refractivity contribution in [2.45, 2.75) is 5.25 Å². The van der Waals surface area contributed by atoms with Gasteiger partial charge in [0.2, 0.25) is 0 Å². The molecule has 96 valence electrons. The summed E-state index contributed by atoms with van der Waals surface area (Å²) in [4.78, 5) is 0. The van der Waals surface area contributed by atoms with E-state index in [1.54, 1.807) is 18.8 Å². The first kappa shape index (κ1) is 12.2. The van der Waals surface area contributed by atoms with Crippen molar-refractivity contribution in [3.8, 4) is 0 Å². The van der Waals surface area contributed by atoms with Crippen LogP contribution in [0.4, 0.5) is 0 Å². The molecule has 0 spiro atoms. The van der Waals surface area contributed by atoms with Crippen molar-refractivity contribution in [3.63, 3.8) is 0 Å². The molecule has 0 aliphatic carbocycles. The average molecular weight is 315 g/mol. The number of hydrogen-bond donors (Lipinski definition) is 0. The van der Waals surface area contributed by atoms with Crippen molar-refractivity contribution in [1.29, 1.82) is 0 Å². The fourth-order valence-corrected chi connectivity index (χ4v) is 10.2. The van der Waals surface area contributed by atoms with Crippen molar-refractivity contribution in [2.24, 2.45) is 0 Å². The molecule has 0 saturated carbocycles. The molecule has 0 aromatic carbocycles. The molecule has 3 aromatic heterocycles. The Morgan fingerprint density at radius 1 is 0.842 bits per heavy atom. The minimum absolute atomic E-state index is 0.814. The molecule has 0 saturated heterocycles. The van der Waals surface area contributed by atoms with E-state index in [1.807, 2.05) is 42.5 Å². The predicted molar refractivity (Wildman–Crippen MR) is 75.8 cm³/mol. The van der Waals surface area contributed by atoms with Crippen LogP contribution in [0, 0.1) is 0 Å². The summed E-state index contributed by atoms with van der Waals surface area (Å²) in [5, 5.41) is 0.814. The van der Waals surface area contributed by atoms with Crippen LogP contribution in [0.5, 0.6) is 0 Å². The van der Waals surface area contributed by atoms with Gasteiger partial charge in [-0.05, 0) is 0 Å². The molecule has 3 rings (SSSR count). The Labute approximate surface area is 113 Å². The van der Waals surface area contributed by atoms with Crippen LogP contribution in [0.15, 0.2) is 81.1 Å². The molecular formula is C15H14GeO3. The molecule has 0 amide bonds. The van der Waals surface area contributed by atoms with Crippen LogP contribution in [-0.2, 0) is 0 Å². The van der Waals surface area contributed by atoms with Crippen molar-refractivity contribution in [1.82, 2.24) is 0 Å². The Morgan fingerprint density at radius 2 is 1.26 bits per heavy atom. The maximum absolute atomic E-state index is 5.71. The van der Waals surface area contributed by atoms with Gasteiger partial charge >= 0.3 is 113 Å². The molecule has 0 aliphatic rings. The average Bonchev–Trinajstić information content (AvgIpc) is 3.18. The van der Waals surface area contributed by atoms with Crippen LogP contribution < -0.4 is 13.8 Å². The van der Waals surface area contributed by atoms with Crippen LogP contribution in [0.25, 0.3) is 0 Å². The summed E-state index contributed by atoms with van der Waals surface area (Å²) in [6.45, 7) is 3.90. The number of rotatable bonds is 5.